The molecule has 0 bridgehead atoms. The number of alkyl halides is 2. The minimum atomic E-state index is -2.43. The summed E-state index contributed by atoms with van der Waals surface area (Å²) in [4.78, 5) is 14.0. The van der Waals surface area contributed by atoms with Gasteiger partial charge in [0.05, 0.1) is 17.1 Å². The van der Waals surface area contributed by atoms with E-state index in [2.05, 4.69) is 10.6 Å². The first-order chi connectivity index (χ1) is 11.8. The monoisotopic (exact) mass is 377 g/mol. The third-order valence-electron chi connectivity index (χ3n) is 4.86. The van der Waals surface area contributed by atoms with Crippen LogP contribution in [0.4, 0.5) is 18.0 Å². The van der Waals surface area contributed by atoms with Crippen molar-refractivity contribution >= 4 is 17.6 Å². The van der Waals surface area contributed by atoms with E-state index in [0.29, 0.717) is 12.1 Å². The lowest BCUT2D eigenvalue weighted by Crippen LogP contribution is -2.51. The van der Waals surface area contributed by atoms with E-state index < -0.39 is 24.3 Å². The molecule has 2 rings (SSSR count). The van der Waals surface area contributed by atoms with E-state index in [-0.39, 0.29) is 23.5 Å². The molecule has 0 radical (unpaired) electrons. The van der Waals surface area contributed by atoms with Gasteiger partial charge < -0.3 is 15.5 Å². The lowest BCUT2D eigenvalue weighted by atomic mass is 10.1. The topological polar surface area (TPSA) is 44.4 Å². The predicted octanol–water partition coefficient (Wildman–Crippen LogP) is 3.64. The van der Waals surface area contributed by atoms with Crippen LogP contribution in [0.15, 0.2) is 18.2 Å². The van der Waals surface area contributed by atoms with Crippen LogP contribution in [0.25, 0.3) is 0 Å². The average molecular weight is 378 g/mol. The van der Waals surface area contributed by atoms with Crippen molar-refractivity contribution in [3.05, 3.63) is 34.6 Å². The number of halogens is 4. The van der Waals surface area contributed by atoms with Gasteiger partial charge in [-0.1, -0.05) is 37.1 Å². The quantitative estimate of drug-likeness (QED) is 0.726. The third-order valence-corrected chi connectivity index (χ3v) is 5.28. The number of hydrogen-bond donors (Lipinski definition) is 2. The van der Waals surface area contributed by atoms with Crippen molar-refractivity contribution in [3.8, 4) is 0 Å². The van der Waals surface area contributed by atoms with Gasteiger partial charge in [-0.25, -0.2) is 18.0 Å². The Bertz CT molecular complexity index is 617. The highest BCUT2D eigenvalue weighted by Gasteiger charge is 2.57. The SMILES string of the molecule is CCC1C[C@]1(CNCC(F)F)N(C)C(=O)NCc1cccc(F)c1Cl. The molecule has 0 spiro atoms. The molecule has 140 valence electrons. The van der Waals surface area contributed by atoms with Gasteiger partial charge in [0.15, 0.2) is 0 Å². The van der Waals surface area contributed by atoms with E-state index in [0.717, 1.165) is 12.8 Å². The maximum atomic E-state index is 13.4. The fourth-order valence-corrected chi connectivity index (χ4v) is 3.41. The summed E-state index contributed by atoms with van der Waals surface area (Å²) in [6, 6.07) is 4.07. The third kappa shape index (κ3) is 4.58. The summed E-state index contributed by atoms with van der Waals surface area (Å²) in [5.41, 5.74) is 0.0237. The predicted molar refractivity (Wildman–Crippen MR) is 91.4 cm³/mol. The molecule has 1 aliphatic carbocycles. The molecular formula is C17H23ClF3N3O. The average Bonchev–Trinajstić information content (AvgIpc) is 3.29. The zero-order valence-electron chi connectivity index (χ0n) is 14.3. The van der Waals surface area contributed by atoms with Crippen molar-refractivity contribution in [2.24, 2.45) is 5.92 Å². The van der Waals surface area contributed by atoms with E-state index in [1.54, 1.807) is 18.0 Å². The highest BCUT2D eigenvalue weighted by molar-refractivity contribution is 6.31. The number of urea groups is 1. The zero-order chi connectivity index (χ0) is 18.6. The van der Waals surface area contributed by atoms with Crippen molar-refractivity contribution < 1.29 is 18.0 Å². The fourth-order valence-electron chi connectivity index (χ4n) is 3.21. The number of carbonyl (C=O) groups is 1. The first-order valence-electron chi connectivity index (χ1n) is 8.25. The molecule has 2 N–H and O–H groups in total. The lowest BCUT2D eigenvalue weighted by Gasteiger charge is -2.30. The Morgan fingerprint density at radius 1 is 1.48 bits per heavy atom. The maximum Gasteiger partial charge on any atom is 0.317 e. The van der Waals surface area contributed by atoms with Crippen LogP contribution in [0.3, 0.4) is 0 Å². The van der Waals surface area contributed by atoms with Crippen molar-refractivity contribution in [1.82, 2.24) is 15.5 Å². The van der Waals surface area contributed by atoms with Gasteiger partial charge in [-0.05, 0) is 24.0 Å². The molecule has 4 nitrogen and oxygen atoms in total. The molecule has 1 aromatic carbocycles. The number of likely N-dealkylation sites (N-methyl/N-ethyl adjacent to an activating group) is 1. The van der Waals surface area contributed by atoms with Crippen LogP contribution in [-0.2, 0) is 6.54 Å². The second-order valence-electron chi connectivity index (χ2n) is 6.37. The first-order valence-corrected chi connectivity index (χ1v) is 8.63. The second-order valence-corrected chi connectivity index (χ2v) is 6.74. The van der Waals surface area contributed by atoms with Crippen LogP contribution in [0, 0.1) is 11.7 Å². The molecule has 0 aliphatic heterocycles. The summed E-state index contributed by atoms with van der Waals surface area (Å²) in [6.45, 7) is 2.03. The van der Waals surface area contributed by atoms with Crippen LogP contribution in [-0.4, -0.2) is 43.0 Å². The Kier molecular flexibility index (Phi) is 6.57. The largest absolute Gasteiger partial charge is 0.334 e. The highest BCUT2D eigenvalue weighted by Crippen LogP contribution is 2.49. The molecule has 8 heteroatoms. The van der Waals surface area contributed by atoms with E-state index in [1.165, 1.54) is 12.1 Å². The molecule has 1 fully saturated rings. The van der Waals surface area contributed by atoms with Crippen LogP contribution >= 0.6 is 11.6 Å². The summed E-state index contributed by atoms with van der Waals surface area (Å²) in [5, 5.41) is 5.44. The van der Waals surface area contributed by atoms with E-state index in [1.807, 2.05) is 6.92 Å². The number of carbonyl (C=O) groups excluding carboxylic acids is 1. The van der Waals surface area contributed by atoms with Gasteiger partial charge in [0.25, 0.3) is 6.43 Å². The van der Waals surface area contributed by atoms with Crippen molar-refractivity contribution in [2.45, 2.75) is 38.3 Å². The first kappa shape index (κ1) is 19.8. The van der Waals surface area contributed by atoms with Crippen molar-refractivity contribution in [2.75, 3.05) is 20.1 Å². The van der Waals surface area contributed by atoms with Gasteiger partial charge in [0, 0.05) is 20.1 Å². The standard InChI is InChI=1S/C17H23ClF3N3O/c1-3-12-7-17(12,10-22-9-14(20)21)24(2)16(25)23-8-11-5-4-6-13(19)15(11)18/h4-6,12,14,22H,3,7-10H2,1-2H3,(H,23,25)/t12?,17-/m1/s1. The summed E-state index contributed by atoms with van der Waals surface area (Å²) < 4.78 is 38.1. The summed E-state index contributed by atoms with van der Waals surface area (Å²) >= 11 is 5.88. The van der Waals surface area contributed by atoms with E-state index in [4.69, 9.17) is 11.6 Å². The molecule has 25 heavy (non-hydrogen) atoms. The van der Waals surface area contributed by atoms with Gasteiger partial charge >= 0.3 is 6.03 Å². The Labute approximate surface area is 150 Å². The zero-order valence-corrected chi connectivity index (χ0v) is 15.0. The smallest absolute Gasteiger partial charge is 0.317 e. The number of nitrogens with one attached hydrogen (secondary N) is 2. The Morgan fingerprint density at radius 2 is 2.20 bits per heavy atom. The summed E-state index contributed by atoms with van der Waals surface area (Å²) in [7, 11) is 1.65. The number of benzene rings is 1. The second kappa shape index (κ2) is 8.27. The number of hydrogen-bond acceptors (Lipinski definition) is 2. The van der Waals surface area contributed by atoms with E-state index in [9.17, 15) is 18.0 Å². The number of rotatable bonds is 8. The van der Waals surface area contributed by atoms with E-state index >= 15 is 0 Å². The summed E-state index contributed by atoms with van der Waals surface area (Å²) in [5.74, 6) is -0.270. The van der Waals surface area contributed by atoms with Gasteiger partial charge in [-0.2, -0.15) is 0 Å². The molecule has 0 heterocycles. The van der Waals surface area contributed by atoms with Crippen LogP contribution in [0.1, 0.15) is 25.3 Å². The Hall–Kier alpha value is -1.47. The Balaban J connectivity index is 1.96. The lowest BCUT2D eigenvalue weighted by molar-refractivity contribution is 0.136. The molecule has 0 aromatic heterocycles. The van der Waals surface area contributed by atoms with Gasteiger partial charge in [0.2, 0.25) is 0 Å². The molecule has 2 atom stereocenters. The van der Waals surface area contributed by atoms with Crippen molar-refractivity contribution in [1.29, 1.82) is 0 Å². The minimum Gasteiger partial charge on any atom is -0.334 e. The van der Waals surface area contributed by atoms with Crippen LogP contribution in [0.2, 0.25) is 5.02 Å². The molecule has 0 saturated heterocycles. The van der Waals surface area contributed by atoms with Gasteiger partial charge in [-0.3, -0.25) is 0 Å². The Morgan fingerprint density at radius 3 is 2.80 bits per heavy atom. The van der Waals surface area contributed by atoms with Crippen molar-refractivity contribution in [3.63, 3.8) is 0 Å². The highest BCUT2D eigenvalue weighted by atomic mass is 35.5. The van der Waals surface area contributed by atoms with Crippen LogP contribution in [0.5, 0.6) is 0 Å². The molecule has 1 aromatic rings. The normalized spacial score (nSPS) is 22.1. The maximum absolute atomic E-state index is 13.4. The molecule has 2 amide bonds. The molecule has 1 saturated carbocycles. The molecule has 1 unspecified atom stereocenters. The fraction of sp³-hybridized carbons (Fsp3) is 0.588. The molecular weight excluding hydrogens is 355 g/mol. The minimum absolute atomic E-state index is 0.0170. The number of nitrogens with zero attached hydrogens (tertiary/aromatic N) is 1. The van der Waals surface area contributed by atoms with Gasteiger partial charge in [-0.15, -0.1) is 0 Å². The van der Waals surface area contributed by atoms with Crippen LogP contribution < -0.4 is 10.6 Å². The molecule has 1 aliphatic rings. The van der Waals surface area contributed by atoms with Gasteiger partial charge in [0.1, 0.15) is 5.82 Å². The summed E-state index contributed by atoms with van der Waals surface area (Å²) in [6.07, 6.45) is -0.793. The number of amides is 2.